The maximum atomic E-state index is 15.4. The van der Waals surface area contributed by atoms with E-state index in [9.17, 15) is 19.1 Å². The first kappa shape index (κ1) is 32.7. The van der Waals surface area contributed by atoms with Crippen LogP contribution in [0.15, 0.2) is 66.7 Å². The molecule has 4 aromatic rings. The van der Waals surface area contributed by atoms with Crippen molar-refractivity contribution in [1.82, 2.24) is 15.2 Å². The van der Waals surface area contributed by atoms with Crippen molar-refractivity contribution in [2.75, 3.05) is 36.8 Å². The number of para-hydroxylation sites is 1. The van der Waals surface area contributed by atoms with Crippen molar-refractivity contribution in [3.63, 3.8) is 0 Å². The number of anilines is 2. The number of halogens is 2. The highest BCUT2D eigenvalue weighted by Gasteiger charge is 2.29. The van der Waals surface area contributed by atoms with Crippen molar-refractivity contribution in [3.05, 3.63) is 106 Å². The first-order valence-electron chi connectivity index (χ1n) is 15.4. The molecule has 2 unspecified atom stereocenters. The van der Waals surface area contributed by atoms with E-state index in [4.69, 9.17) is 0 Å². The molecule has 8 nitrogen and oxygen atoms in total. The smallest absolute Gasteiger partial charge is 0.256 e. The van der Waals surface area contributed by atoms with Crippen LogP contribution in [-0.2, 0) is 4.79 Å². The number of aryl methyl sites for hydroxylation is 1. The Morgan fingerprint density at radius 1 is 1.02 bits per heavy atom. The standard InChI is InChI=1S/C36H39F2N5O3/c1-5-43(6-2)20-26(44)19-39-21(3)33-22(4)40-32(34(33)27-14-13-24(37)17-30(27)38)18-29-28-16-23(12-15-31(28)42-36(29)46)35(45)41-25-10-8-7-9-11-25/h7-18,21,26,39-40,44H,5-6,19-20H2,1-4H3,(H,41,45)(H,42,46)/b29-18-. The fraction of sp³-hybridized carbons (Fsp3) is 0.278. The molecule has 5 rings (SSSR count). The Kier molecular flexibility index (Phi) is 10.1. The fourth-order valence-corrected chi connectivity index (χ4v) is 5.90. The van der Waals surface area contributed by atoms with Crippen molar-refractivity contribution in [2.24, 2.45) is 0 Å². The van der Waals surface area contributed by atoms with Crippen LogP contribution in [0.5, 0.6) is 0 Å². The van der Waals surface area contributed by atoms with Crippen LogP contribution in [0.2, 0.25) is 0 Å². The lowest BCUT2D eigenvalue weighted by Crippen LogP contribution is -2.39. The Hall–Kier alpha value is -4.64. The summed E-state index contributed by atoms with van der Waals surface area (Å²) in [5, 5.41) is 19.7. The average molecular weight is 628 g/mol. The van der Waals surface area contributed by atoms with Gasteiger partial charge in [-0.25, -0.2) is 8.78 Å². The van der Waals surface area contributed by atoms with Crippen LogP contribution in [0, 0.1) is 18.6 Å². The van der Waals surface area contributed by atoms with E-state index in [1.54, 1.807) is 36.4 Å². The number of aromatic amines is 1. The normalized spacial score (nSPS) is 14.8. The Morgan fingerprint density at radius 2 is 1.76 bits per heavy atom. The number of H-pyrrole nitrogens is 1. The van der Waals surface area contributed by atoms with E-state index in [0.717, 1.165) is 30.4 Å². The number of carbonyl (C=O) groups is 2. The molecule has 0 radical (unpaired) electrons. The van der Waals surface area contributed by atoms with Gasteiger partial charge in [-0.2, -0.15) is 0 Å². The number of nitrogens with zero attached hydrogens (tertiary/aromatic N) is 1. The van der Waals surface area contributed by atoms with E-state index in [-0.39, 0.29) is 29.0 Å². The summed E-state index contributed by atoms with van der Waals surface area (Å²) in [6.07, 6.45) is 1.01. The van der Waals surface area contributed by atoms with Crippen LogP contribution in [-0.4, -0.2) is 59.1 Å². The highest BCUT2D eigenvalue weighted by molar-refractivity contribution is 6.35. The number of fused-ring (bicyclic) bond motifs is 1. The molecular weight excluding hydrogens is 588 g/mol. The SMILES string of the molecule is CCN(CC)CC(O)CNC(C)c1c(C)[nH]c(/C=C2\C(=O)Nc3ccc(C(=O)Nc4ccccc4)cc32)c1-c1ccc(F)cc1F. The first-order valence-corrected chi connectivity index (χ1v) is 15.4. The minimum absolute atomic E-state index is 0.166. The lowest BCUT2D eigenvalue weighted by Gasteiger charge is -2.24. The van der Waals surface area contributed by atoms with E-state index in [1.165, 1.54) is 12.1 Å². The summed E-state index contributed by atoms with van der Waals surface area (Å²) in [4.78, 5) is 31.7. The number of hydrogen-bond acceptors (Lipinski definition) is 5. The molecule has 0 aliphatic carbocycles. The second-order valence-corrected chi connectivity index (χ2v) is 11.4. The van der Waals surface area contributed by atoms with E-state index < -0.39 is 17.7 Å². The van der Waals surface area contributed by atoms with Gasteiger partial charge in [0.15, 0.2) is 0 Å². The summed E-state index contributed by atoms with van der Waals surface area (Å²) in [6.45, 7) is 10.3. The van der Waals surface area contributed by atoms with Gasteiger partial charge in [0.1, 0.15) is 11.6 Å². The Labute approximate surface area is 267 Å². The quantitative estimate of drug-likeness (QED) is 0.117. The number of aliphatic hydroxyl groups excluding tert-OH is 1. The molecule has 1 aromatic heterocycles. The van der Waals surface area contributed by atoms with Gasteiger partial charge in [0.05, 0.1) is 11.7 Å². The lowest BCUT2D eigenvalue weighted by atomic mass is 9.94. The molecule has 0 spiro atoms. The van der Waals surface area contributed by atoms with Crippen LogP contribution in [0.4, 0.5) is 20.2 Å². The zero-order valence-corrected chi connectivity index (χ0v) is 26.4. The maximum Gasteiger partial charge on any atom is 0.256 e. The number of amides is 2. The summed E-state index contributed by atoms with van der Waals surface area (Å²) < 4.78 is 29.4. The van der Waals surface area contributed by atoms with Crippen molar-refractivity contribution in [2.45, 2.75) is 39.8 Å². The molecule has 2 atom stereocenters. The molecule has 0 fully saturated rings. The van der Waals surface area contributed by atoms with Crippen LogP contribution < -0.4 is 16.0 Å². The van der Waals surface area contributed by atoms with Gasteiger partial charge in [0, 0.05) is 70.2 Å². The maximum absolute atomic E-state index is 15.4. The zero-order chi connectivity index (χ0) is 33.0. The molecule has 2 heterocycles. The van der Waals surface area contributed by atoms with E-state index in [1.807, 2.05) is 45.9 Å². The predicted octanol–water partition coefficient (Wildman–Crippen LogP) is 6.37. The molecule has 0 saturated heterocycles. The molecule has 240 valence electrons. The number of hydrogen-bond donors (Lipinski definition) is 5. The first-order chi connectivity index (χ1) is 22.1. The van der Waals surface area contributed by atoms with Gasteiger partial charge >= 0.3 is 0 Å². The van der Waals surface area contributed by atoms with Gasteiger partial charge in [-0.3, -0.25) is 9.59 Å². The third-order valence-electron chi connectivity index (χ3n) is 8.31. The monoisotopic (exact) mass is 627 g/mol. The molecule has 46 heavy (non-hydrogen) atoms. The summed E-state index contributed by atoms with van der Waals surface area (Å²) in [7, 11) is 0. The summed E-state index contributed by atoms with van der Waals surface area (Å²) >= 11 is 0. The number of benzene rings is 3. The largest absolute Gasteiger partial charge is 0.390 e. The third-order valence-corrected chi connectivity index (χ3v) is 8.31. The van der Waals surface area contributed by atoms with Crippen molar-refractivity contribution in [3.8, 4) is 11.1 Å². The van der Waals surface area contributed by atoms with Gasteiger partial charge in [-0.15, -0.1) is 0 Å². The molecule has 1 aliphatic rings. The third kappa shape index (κ3) is 7.09. The summed E-state index contributed by atoms with van der Waals surface area (Å²) in [6, 6.07) is 17.1. The Bertz CT molecular complexity index is 1760. The van der Waals surface area contributed by atoms with Crippen molar-refractivity contribution in [1.29, 1.82) is 0 Å². The zero-order valence-electron chi connectivity index (χ0n) is 26.4. The van der Waals surface area contributed by atoms with Gasteiger partial charge in [0.2, 0.25) is 0 Å². The number of nitrogens with one attached hydrogen (secondary N) is 4. The topological polar surface area (TPSA) is 109 Å². The molecule has 10 heteroatoms. The average Bonchev–Trinajstić information content (AvgIpc) is 3.53. The molecule has 2 amide bonds. The lowest BCUT2D eigenvalue weighted by molar-refractivity contribution is -0.110. The molecular formula is C36H39F2N5O3. The molecule has 3 aromatic carbocycles. The van der Waals surface area contributed by atoms with Gasteiger partial charge in [0.25, 0.3) is 11.8 Å². The van der Waals surface area contributed by atoms with Crippen LogP contribution in [0.1, 0.15) is 59.7 Å². The van der Waals surface area contributed by atoms with E-state index in [2.05, 4.69) is 25.8 Å². The minimum Gasteiger partial charge on any atom is -0.390 e. The van der Waals surface area contributed by atoms with Crippen LogP contribution >= 0.6 is 0 Å². The van der Waals surface area contributed by atoms with Gasteiger partial charge in [-0.05, 0) is 81.0 Å². The second-order valence-electron chi connectivity index (χ2n) is 11.4. The van der Waals surface area contributed by atoms with Gasteiger partial charge < -0.3 is 30.9 Å². The Morgan fingerprint density at radius 3 is 2.46 bits per heavy atom. The summed E-state index contributed by atoms with van der Waals surface area (Å²) in [5.74, 6) is -2.15. The predicted molar refractivity (Wildman–Crippen MR) is 178 cm³/mol. The van der Waals surface area contributed by atoms with E-state index in [0.29, 0.717) is 46.8 Å². The summed E-state index contributed by atoms with van der Waals surface area (Å²) in [5.41, 5.74) is 4.89. The Balaban J connectivity index is 1.52. The second kappa shape index (κ2) is 14.2. The molecule has 1 aliphatic heterocycles. The fourth-order valence-electron chi connectivity index (χ4n) is 5.90. The minimum atomic E-state index is -0.746. The molecule has 5 N–H and O–H groups in total. The number of rotatable bonds is 12. The highest BCUT2D eigenvalue weighted by atomic mass is 19.1. The van der Waals surface area contributed by atoms with Crippen molar-refractivity contribution < 1.29 is 23.5 Å². The highest BCUT2D eigenvalue weighted by Crippen LogP contribution is 2.40. The van der Waals surface area contributed by atoms with Crippen molar-refractivity contribution >= 4 is 34.8 Å². The number of likely N-dealkylation sites (N-methyl/N-ethyl adjacent to an activating group) is 1. The number of carbonyl (C=O) groups excluding carboxylic acids is 2. The molecule has 0 bridgehead atoms. The van der Waals surface area contributed by atoms with Crippen LogP contribution in [0.25, 0.3) is 22.8 Å². The molecule has 0 saturated carbocycles. The van der Waals surface area contributed by atoms with E-state index >= 15 is 4.39 Å². The number of aromatic nitrogens is 1. The van der Waals surface area contributed by atoms with Crippen LogP contribution in [0.3, 0.4) is 0 Å². The number of aliphatic hydroxyl groups is 1. The van der Waals surface area contributed by atoms with Gasteiger partial charge in [-0.1, -0.05) is 32.0 Å².